The number of hydrogen-bond acceptors (Lipinski definition) is 6. The molecule has 1 amide bonds. The van der Waals surface area contributed by atoms with Crippen LogP contribution in [0.25, 0.3) is 0 Å². The molecule has 1 aliphatic carbocycles. The Morgan fingerprint density at radius 1 is 1.19 bits per heavy atom. The molecule has 1 aromatic carbocycles. The molecule has 0 spiro atoms. The third-order valence-corrected chi connectivity index (χ3v) is 6.81. The molecule has 0 unspecified atom stereocenters. The SMILES string of the molecule is COc1ccc(OC)c(NC(=O)c2c(NCc3ccncc3)sc3c2CC[C@H](C)C3)c1. The Hall–Kier alpha value is -3.06. The number of anilines is 2. The van der Waals surface area contributed by atoms with Gasteiger partial charge in [0.1, 0.15) is 16.5 Å². The molecule has 1 atom stereocenters. The van der Waals surface area contributed by atoms with Gasteiger partial charge < -0.3 is 20.1 Å². The molecule has 2 N–H and O–H groups in total. The van der Waals surface area contributed by atoms with E-state index in [4.69, 9.17) is 9.47 Å². The lowest BCUT2D eigenvalue weighted by Crippen LogP contribution is -2.18. The summed E-state index contributed by atoms with van der Waals surface area (Å²) >= 11 is 1.70. The summed E-state index contributed by atoms with van der Waals surface area (Å²) in [4.78, 5) is 18.9. The Morgan fingerprint density at radius 3 is 2.74 bits per heavy atom. The lowest BCUT2D eigenvalue weighted by atomic mass is 9.88. The summed E-state index contributed by atoms with van der Waals surface area (Å²) in [5.74, 6) is 1.76. The van der Waals surface area contributed by atoms with Crippen molar-refractivity contribution in [3.63, 3.8) is 0 Å². The number of nitrogens with zero attached hydrogens (tertiary/aromatic N) is 1. The number of pyridine rings is 1. The molecule has 0 fully saturated rings. The molecule has 2 heterocycles. The molecular weight excluding hydrogens is 410 g/mol. The van der Waals surface area contributed by atoms with Gasteiger partial charge in [0.25, 0.3) is 5.91 Å². The van der Waals surface area contributed by atoms with Crippen LogP contribution in [0.2, 0.25) is 0 Å². The van der Waals surface area contributed by atoms with E-state index in [0.717, 1.165) is 35.4 Å². The van der Waals surface area contributed by atoms with Crippen molar-refractivity contribution < 1.29 is 14.3 Å². The fourth-order valence-corrected chi connectivity index (χ4v) is 5.30. The summed E-state index contributed by atoms with van der Waals surface area (Å²) in [6.07, 6.45) is 6.58. The van der Waals surface area contributed by atoms with E-state index in [1.165, 1.54) is 10.4 Å². The van der Waals surface area contributed by atoms with Gasteiger partial charge in [0.05, 0.1) is 25.5 Å². The zero-order valence-electron chi connectivity index (χ0n) is 18.0. The third-order valence-electron chi connectivity index (χ3n) is 5.60. The second kappa shape index (κ2) is 9.39. The van der Waals surface area contributed by atoms with E-state index in [-0.39, 0.29) is 5.91 Å². The van der Waals surface area contributed by atoms with Gasteiger partial charge in [-0.1, -0.05) is 6.92 Å². The molecule has 6 nitrogen and oxygen atoms in total. The van der Waals surface area contributed by atoms with E-state index in [2.05, 4.69) is 22.5 Å². The zero-order chi connectivity index (χ0) is 21.8. The van der Waals surface area contributed by atoms with Crippen LogP contribution >= 0.6 is 11.3 Å². The van der Waals surface area contributed by atoms with Crippen LogP contribution in [0, 0.1) is 5.92 Å². The maximum atomic E-state index is 13.5. The van der Waals surface area contributed by atoms with Gasteiger partial charge in [0.2, 0.25) is 0 Å². The molecular formula is C24H27N3O3S. The molecule has 3 aromatic rings. The number of ether oxygens (including phenoxy) is 2. The first-order valence-electron chi connectivity index (χ1n) is 10.4. The summed E-state index contributed by atoms with van der Waals surface area (Å²) in [6, 6.07) is 9.33. The number of rotatable bonds is 7. The molecule has 0 saturated heterocycles. The Morgan fingerprint density at radius 2 is 2.00 bits per heavy atom. The van der Waals surface area contributed by atoms with Crippen molar-refractivity contribution in [3.8, 4) is 11.5 Å². The van der Waals surface area contributed by atoms with Crippen LogP contribution in [0.5, 0.6) is 11.5 Å². The van der Waals surface area contributed by atoms with Gasteiger partial charge in [-0.15, -0.1) is 11.3 Å². The minimum absolute atomic E-state index is 0.129. The smallest absolute Gasteiger partial charge is 0.259 e. The van der Waals surface area contributed by atoms with Crippen LogP contribution in [-0.2, 0) is 19.4 Å². The minimum atomic E-state index is -0.129. The quantitative estimate of drug-likeness (QED) is 0.535. The van der Waals surface area contributed by atoms with Gasteiger partial charge in [-0.3, -0.25) is 9.78 Å². The van der Waals surface area contributed by atoms with Crippen LogP contribution in [0.3, 0.4) is 0 Å². The number of carbonyl (C=O) groups excluding carboxylic acids is 1. The highest BCUT2D eigenvalue weighted by Gasteiger charge is 2.28. The average molecular weight is 438 g/mol. The first-order valence-corrected chi connectivity index (χ1v) is 11.2. The van der Waals surface area contributed by atoms with Gasteiger partial charge in [0, 0.05) is 29.9 Å². The number of nitrogens with one attached hydrogen (secondary N) is 2. The van der Waals surface area contributed by atoms with E-state index in [1.807, 2.05) is 18.2 Å². The van der Waals surface area contributed by atoms with Crippen LogP contribution in [0.15, 0.2) is 42.7 Å². The van der Waals surface area contributed by atoms with Crippen molar-refractivity contribution in [2.24, 2.45) is 5.92 Å². The lowest BCUT2D eigenvalue weighted by molar-refractivity contribution is 0.102. The fourth-order valence-electron chi connectivity index (χ4n) is 3.90. The van der Waals surface area contributed by atoms with Gasteiger partial charge >= 0.3 is 0 Å². The van der Waals surface area contributed by atoms with Crippen molar-refractivity contribution in [3.05, 3.63) is 64.3 Å². The number of benzene rings is 1. The van der Waals surface area contributed by atoms with Crippen LogP contribution < -0.4 is 20.1 Å². The van der Waals surface area contributed by atoms with Crippen molar-refractivity contribution in [1.82, 2.24) is 4.98 Å². The molecule has 4 rings (SSSR count). The molecule has 1 aliphatic rings. The maximum absolute atomic E-state index is 13.5. The number of carbonyl (C=O) groups is 1. The highest BCUT2D eigenvalue weighted by molar-refractivity contribution is 7.16. The number of aromatic nitrogens is 1. The third kappa shape index (κ3) is 4.66. The maximum Gasteiger partial charge on any atom is 0.259 e. The predicted octanol–water partition coefficient (Wildman–Crippen LogP) is 5.15. The van der Waals surface area contributed by atoms with Crippen LogP contribution in [0.4, 0.5) is 10.7 Å². The Kier molecular flexibility index (Phi) is 6.42. The Labute approximate surface area is 186 Å². The number of methoxy groups -OCH3 is 2. The van der Waals surface area contributed by atoms with Crippen molar-refractivity contribution in [1.29, 1.82) is 0 Å². The monoisotopic (exact) mass is 437 g/mol. The van der Waals surface area contributed by atoms with Crippen molar-refractivity contribution in [2.45, 2.75) is 32.7 Å². The number of thiophene rings is 1. The van der Waals surface area contributed by atoms with Gasteiger partial charge in [-0.25, -0.2) is 0 Å². The van der Waals surface area contributed by atoms with E-state index in [9.17, 15) is 4.79 Å². The van der Waals surface area contributed by atoms with Crippen LogP contribution in [0.1, 0.15) is 39.7 Å². The molecule has 0 saturated carbocycles. The first-order chi connectivity index (χ1) is 15.1. The Balaban J connectivity index is 1.65. The highest BCUT2D eigenvalue weighted by atomic mass is 32.1. The predicted molar refractivity (Wildman–Crippen MR) is 125 cm³/mol. The van der Waals surface area contributed by atoms with Gasteiger partial charge in [0.15, 0.2) is 0 Å². The summed E-state index contributed by atoms with van der Waals surface area (Å²) in [6.45, 7) is 2.91. The normalized spacial score (nSPS) is 15.1. The highest BCUT2D eigenvalue weighted by Crippen LogP contribution is 2.40. The largest absolute Gasteiger partial charge is 0.497 e. The van der Waals surface area contributed by atoms with Crippen LogP contribution in [-0.4, -0.2) is 25.1 Å². The van der Waals surface area contributed by atoms with E-state index >= 15 is 0 Å². The first kappa shape index (κ1) is 21.2. The second-order valence-electron chi connectivity index (χ2n) is 7.79. The lowest BCUT2D eigenvalue weighted by Gasteiger charge is -2.19. The molecule has 31 heavy (non-hydrogen) atoms. The average Bonchev–Trinajstić information content (AvgIpc) is 3.15. The van der Waals surface area contributed by atoms with Gasteiger partial charge in [-0.2, -0.15) is 0 Å². The summed E-state index contributed by atoms with van der Waals surface area (Å²) in [7, 11) is 3.19. The molecule has 0 radical (unpaired) electrons. The standard InChI is InChI=1S/C24H27N3O3S/c1-15-4-6-18-21(12-15)31-24(26-14-16-8-10-25-11-9-16)22(18)23(28)27-19-13-17(29-2)5-7-20(19)30-3/h5,7-11,13,15,26H,4,6,12,14H2,1-3H3,(H,27,28)/t15-/m0/s1. The molecule has 162 valence electrons. The second-order valence-corrected chi connectivity index (χ2v) is 8.89. The summed E-state index contributed by atoms with van der Waals surface area (Å²) in [5.41, 5.74) is 3.62. The zero-order valence-corrected chi connectivity index (χ0v) is 18.8. The van der Waals surface area contributed by atoms with E-state index in [1.54, 1.807) is 50.1 Å². The van der Waals surface area contributed by atoms with E-state index < -0.39 is 0 Å². The van der Waals surface area contributed by atoms with Gasteiger partial charge in [-0.05, 0) is 60.6 Å². The van der Waals surface area contributed by atoms with E-state index in [0.29, 0.717) is 29.6 Å². The minimum Gasteiger partial charge on any atom is -0.497 e. The molecule has 7 heteroatoms. The number of hydrogen-bond donors (Lipinski definition) is 2. The fraction of sp³-hybridized carbons (Fsp3) is 0.333. The summed E-state index contributed by atoms with van der Waals surface area (Å²) in [5, 5.41) is 7.46. The molecule has 0 aliphatic heterocycles. The number of fused-ring (bicyclic) bond motifs is 1. The topological polar surface area (TPSA) is 72.5 Å². The Bertz CT molecular complexity index is 1070. The molecule has 0 bridgehead atoms. The number of amides is 1. The van der Waals surface area contributed by atoms with Crippen molar-refractivity contribution >= 4 is 27.9 Å². The summed E-state index contributed by atoms with van der Waals surface area (Å²) < 4.78 is 10.8. The molecule has 2 aromatic heterocycles. The van der Waals surface area contributed by atoms with Crippen molar-refractivity contribution in [2.75, 3.05) is 24.9 Å².